The van der Waals surface area contributed by atoms with E-state index in [0.717, 1.165) is 0 Å². The van der Waals surface area contributed by atoms with Crippen LogP contribution in [-0.4, -0.2) is 18.9 Å². The molecule has 184 valence electrons. The molecule has 2 aliphatic rings. The van der Waals surface area contributed by atoms with Gasteiger partial charge < -0.3 is 15.0 Å². The lowest BCUT2D eigenvalue weighted by Crippen LogP contribution is -2.63. The number of ether oxygens (including phenoxy) is 1. The first-order chi connectivity index (χ1) is 18.0. The highest BCUT2D eigenvalue weighted by Gasteiger charge is 2.60. The van der Waals surface area contributed by atoms with Crippen molar-refractivity contribution in [1.29, 1.82) is 0 Å². The average Bonchev–Trinajstić information content (AvgIpc) is 3.14. The first-order valence-electron chi connectivity index (χ1n) is 11.7. The van der Waals surface area contributed by atoms with E-state index in [-0.39, 0.29) is 18.4 Å². The Morgan fingerprint density at radius 2 is 1.46 bits per heavy atom. The maximum Gasteiger partial charge on any atom is 0.279 e. The summed E-state index contributed by atoms with van der Waals surface area (Å²) in [5.41, 5.74) is 1.84. The summed E-state index contributed by atoms with van der Waals surface area (Å²) in [5, 5.41) is 4.36. The van der Waals surface area contributed by atoms with Crippen LogP contribution in [0.3, 0.4) is 0 Å². The molecule has 4 aromatic rings. The molecular weight excluding hydrogens is 509 g/mol. The maximum atomic E-state index is 14.6. The number of benzene rings is 4. The number of carbonyl (C=O) groups is 2. The van der Waals surface area contributed by atoms with Crippen molar-refractivity contribution < 1.29 is 14.3 Å². The van der Waals surface area contributed by atoms with Crippen LogP contribution in [0.25, 0.3) is 0 Å². The first-order valence-corrected chi connectivity index (χ1v) is 12.4. The third-order valence-corrected chi connectivity index (χ3v) is 7.56. The standard InChI is InChI=1S/C29H21Cl2N3O3/c1-37-26-16-7-6-15-25(26)34-27(35)18-9-2-4-13-23(18)32-29(34)20-10-3-5-14-24(20)33(28(29)36)17-19-21(30)11-8-12-22(19)31/h2-16,32H,17H2,1H3. The smallest absolute Gasteiger partial charge is 0.279 e. The molecule has 8 heteroatoms. The normalized spacial score (nSPS) is 18.0. The maximum absolute atomic E-state index is 14.6. The van der Waals surface area contributed by atoms with E-state index >= 15 is 0 Å². The second-order valence-corrected chi connectivity index (χ2v) is 9.62. The Balaban J connectivity index is 1.61. The molecule has 0 aromatic heterocycles. The number of carbonyl (C=O) groups excluding carboxylic acids is 2. The number of fused-ring (bicyclic) bond motifs is 3. The highest BCUT2D eigenvalue weighted by molar-refractivity contribution is 6.36. The van der Waals surface area contributed by atoms with Gasteiger partial charge in [0.1, 0.15) is 5.75 Å². The Morgan fingerprint density at radius 1 is 0.811 bits per heavy atom. The number of rotatable bonds is 4. The summed E-state index contributed by atoms with van der Waals surface area (Å²) >= 11 is 13.0. The Labute approximate surface area is 224 Å². The van der Waals surface area contributed by atoms with Gasteiger partial charge in [-0.15, -0.1) is 0 Å². The van der Waals surface area contributed by atoms with Crippen LogP contribution in [-0.2, 0) is 17.0 Å². The highest BCUT2D eigenvalue weighted by Crippen LogP contribution is 2.51. The van der Waals surface area contributed by atoms with Crippen molar-refractivity contribution in [3.05, 3.63) is 118 Å². The van der Waals surface area contributed by atoms with Crippen LogP contribution in [0, 0.1) is 0 Å². The van der Waals surface area contributed by atoms with E-state index in [1.165, 1.54) is 12.0 Å². The number of nitrogens with zero attached hydrogens (tertiary/aromatic N) is 2. The van der Waals surface area contributed by atoms with Crippen molar-refractivity contribution >= 4 is 52.1 Å². The molecule has 6 nitrogen and oxygen atoms in total. The molecule has 0 bridgehead atoms. The van der Waals surface area contributed by atoms with Gasteiger partial charge in [0.2, 0.25) is 5.66 Å². The van der Waals surface area contributed by atoms with Gasteiger partial charge in [-0.25, -0.2) is 0 Å². The molecule has 0 fully saturated rings. The van der Waals surface area contributed by atoms with Gasteiger partial charge in [0.15, 0.2) is 0 Å². The van der Waals surface area contributed by atoms with Gasteiger partial charge in [0.25, 0.3) is 11.8 Å². The molecule has 2 aliphatic heterocycles. The van der Waals surface area contributed by atoms with Crippen molar-refractivity contribution in [2.24, 2.45) is 0 Å². The summed E-state index contributed by atoms with van der Waals surface area (Å²) in [4.78, 5) is 32.0. The molecule has 2 heterocycles. The van der Waals surface area contributed by atoms with Crippen LogP contribution in [0.4, 0.5) is 17.1 Å². The van der Waals surface area contributed by atoms with Crippen LogP contribution in [0.1, 0.15) is 21.5 Å². The minimum atomic E-state index is -1.57. The fraction of sp³-hybridized carbons (Fsp3) is 0.103. The molecule has 1 N–H and O–H groups in total. The zero-order valence-electron chi connectivity index (χ0n) is 19.7. The number of nitrogens with one attached hydrogen (secondary N) is 1. The number of hydrogen-bond acceptors (Lipinski definition) is 4. The lowest BCUT2D eigenvalue weighted by Gasteiger charge is -2.45. The number of methoxy groups -OCH3 is 1. The topological polar surface area (TPSA) is 61.9 Å². The summed E-state index contributed by atoms with van der Waals surface area (Å²) in [5.74, 6) is -0.188. The average molecular weight is 530 g/mol. The quantitative estimate of drug-likeness (QED) is 0.329. The Bertz CT molecular complexity index is 1550. The largest absolute Gasteiger partial charge is 0.495 e. The molecule has 1 spiro atoms. The molecule has 4 aromatic carbocycles. The van der Waals surface area contributed by atoms with Crippen LogP contribution in [0.5, 0.6) is 5.75 Å². The monoisotopic (exact) mass is 529 g/mol. The zero-order valence-corrected chi connectivity index (χ0v) is 21.3. The van der Waals surface area contributed by atoms with Crippen LogP contribution in [0.2, 0.25) is 10.0 Å². The van der Waals surface area contributed by atoms with Crippen molar-refractivity contribution in [2.75, 3.05) is 22.2 Å². The van der Waals surface area contributed by atoms with Gasteiger partial charge in [-0.3, -0.25) is 14.5 Å². The molecular formula is C29H21Cl2N3O3. The molecule has 1 atom stereocenters. The fourth-order valence-electron chi connectivity index (χ4n) is 5.18. The second kappa shape index (κ2) is 8.83. The minimum absolute atomic E-state index is 0.132. The van der Waals surface area contributed by atoms with Crippen molar-refractivity contribution in [2.45, 2.75) is 12.2 Å². The third-order valence-electron chi connectivity index (χ3n) is 6.85. The second-order valence-electron chi connectivity index (χ2n) is 8.80. The summed E-state index contributed by atoms with van der Waals surface area (Å²) < 4.78 is 5.63. The number of anilines is 3. The lowest BCUT2D eigenvalue weighted by molar-refractivity contribution is -0.122. The van der Waals surface area contributed by atoms with Crippen molar-refractivity contribution in [3.63, 3.8) is 0 Å². The van der Waals surface area contributed by atoms with Crippen LogP contribution < -0.4 is 19.9 Å². The molecule has 0 aliphatic carbocycles. The van der Waals surface area contributed by atoms with E-state index in [1.54, 1.807) is 53.4 Å². The Hall–Kier alpha value is -4.00. The molecule has 1 unspecified atom stereocenters. The van der Waals surface area contributed by atoms with E-state index in [4.69, 9.17) is 27.9 Å². The number of hydrogen-bond donors (Lipinski definition) is 1. The molecule has 0 saturated carbocycles. The Morgan fingerprint density at radius 3 is 2.22 bits per heavy atom. The van der Waals surface area contributed by atoms with Crippen LogP contribution in [0.15, 0.2) is 91.0 Å². The minimum Gasteiger partial charge on any atom is -0.495 e. The number of halogens is 2. The van der Waals surface area contributed by atoms with Gasteiger partial charge in [0, 0.05) is 26.9 Å². The summed E-state index contributed by atoms with van der Waals surface area (Å²) in [6, 6.07) is 27.0. The van der Waals surface area contributed by atoms with E-state index < -0.39 is 5.66 Å². The summed E-state index contributed by atoms with van der Waals surface area (Å²) in [6.07, 6.45) is 0. The predicted molar refractivity (Wildman–Crippen MR) is 146 cm³/mol. The molecule has 2 amide bonds. The highest BCUT2D eigenvalue weighted by atomic mass is 35.5. The van der Waals surface area contributed by atoms with Gasteiger partial charge >= 0.3 is 0 Å². The predicted octanol–water partition coefficient (Wildman–Crippen LogP) is 6.47. The van der Waals surface area contributed by atoms with Crippen molar-refractivity contribution in [1.82, 2.24) is 0 Å². The lowest BCUT2D eigenvalue weighted by atomic mass is 9.92. The van der Waals surface area contributed by atoms with E-state index in [1.807, 2.05) is 42.5 Å². The summed E-state index contributed by atoms with van der Waals surface area (Å²) in [6.45, 7) is 0.132. The number of para-hydroxylation sites is 4. The Kier molecular flexibility index (Phi) is 5.59. The van der Waals surface area contributed by atoms with E-state index in [9.17, 15) is 9.59 Å². The molecule has 0 radical (unpaired) electrons. The molecule has 6 rings (SSSR count). The van der Waals surface area contributed by atoms with Gasteiger partial charge in [-0.1, -0.05) is 71.7 Å². The van der Waals surface area contributed by atoms with E-state index in [2.05, 4.69) is 5.32 Å². The SMILES string of the molecule is COc1ccccc1N1C(=O)c2ccccc2NC12C(=O)N(Cc1c(Cl)cccc1Cl)c1ccccc12. The van der Waals surface area contributed by atoms with Crippen LogP contribution >= 0.6 is 23.2 Å². The summed E-state index contributed by atoms with van der Waals surface area (Å²) in [7, 11) is 1.54. The third kappa shape index (κ3) is 3.40. The van der Waals surface area contributed by atoms with Crippen molar-refractivity contribution in [3.8, 4) is 5.75 Å². The molecule has 0 saturated heterocycles. The van der Waals surface area contributed by atoms with E-state index in [0.29, 0.717) is 49.5 Å². The van der Waals surface area contributed by atoms with Gasteiger partial charge in [-0.2, -0.15) is 0 Å². The van der Waals surface area contributed by atoms with Gasteiger partial charge in [-0.05, 0) is 42.5 Å². The molecule has 37 heavy (non-hydrogen) atoms. The number of amides is 2. The fourth-order valence-corrected chi connectivity index (χ4v) is 5.69. The zero-order chi connectivity index (χ0) is 25.7. The van der Waals surface area contributed by atoms with Gasteiger partial charge in [0.05, 0.1) is 30.6 Å². The first kappa shape index (κ1) is 23.4.